The fraction of sp³-hybridized carbons (Fsp3) is 0.667. The molecule has 1 aromatic carbocycles. The molecule has 0 heterocycles. The van der Waals surface area contributed by atoms with Gasteiger partial charge in [0.1, 0.15) is 12.4 Å². The quantitative estimate of drug-likeness (QED) is 0.647. The zero-order chi connectivity index (χ0) is 18.3. The molecule has 0 fully saturated rings. The highest BCUT2D eigenvalue weighted by atomic mass is 32.2. The Morgan fingerprint density at radius 2 is 1.46 bits per heavy atom. The van der Waals surface area contributed by atoms with E-state index in [1.807, 2.05) is 0 Å². The standard InChI is InChI=1S/C18H32N2O3S/c1-15(2)13-20(14-16(3)4)11-12-23-17-7-9-18(10-8-17)24(21,22)19(5)6/h7-10,15-16H,11-14H2,1-6H3. The van der Waals surface area contributed by atoms with Gasteiger partial charge in [0.15, 0.2) is 0 Å². The van der Waals surface area contributed by atoms with Gasteiger partial charge in [-0.05, 0) is 36.1 Å². The predicted octanol–water partition coefficient (Wildman–Crippen LogP) is 2.93. The normalized spacial score (nSPS) is 12.6. The van der Waals surface area contributed by atoms with Gasteiger partial charge in [-0.15, -0.1) is 0 Å². The molecule has 0 aromatic heterocycles. The molecule has 0 saturated heterocycles. The number of benzene rings is 1. The highest BCUT2D eigenvalue weighted by molar-refractivity contribution is 7.89. The Balaban J connectivity index is 2.58. The topological polar surface area (TPSA) is 49.9 Å². The van der Waals surface area contributed by atoms with Crippen molar-refractivity contribution >= 4 is 10.0 Å². The highest BCUT2D eigenvalue weighted by Gasteiger charge is 2.16. The van der Waals surface area contributed by atoms with Gasteiger partial charge in [-0.25, -0.2) is 12.7 Å². The molecule has 0 unspecified atom stereocenters. The van der Waals surface area contributed by atoms with E-state index >= 15 is 0 Å². The Labute approximate surface area is 147 Å². The summed E-state index contributed by atoms with van der Waals surface area (Å²) in [6, 6.07) is 6.60. The first-order valence-electron chi connectivity index (χ1n) is 8.50. The Kier molecular flexibility index (Phi) is 8.19. The van der Waals surface area contributed by atoms with Crippen molar-refractivity contribution in [2.45, 2.75) is 32.6 Å². The van der Waals surface area contributed by atoms with Gasteiger partial charge in [0.2, 0.25) is 10.0 Å². The van der Waals surface area contributed by atoms with E-state index in [1.165, 1.54) is 18.4 Å². The van der Waals surface area contributed by atoms with Crippen molar-refractivity contribution < 1.29 is 13.2 Å². The largest absolute Gasteiger partial charge is 0.492 e. The van der Waals surface area contributed by atoms with Crippen LogP contribution >= 0.6 is 0 Å². The SMILES string of the molecule is CC(C)CN(CCOc1ccc(S(=O)(=O)N(C)C)cc1)CC(C)C. The van der Waals surface area contributed by atoms with Crippen LogP contribution in [0, 0.1) is 11.8 Å². The Morgan fingerprint density at radius 1 is 0.958 bits per heavy atom. The number of rotatable bonds is 10. The lowest BCUT2D eigenvalue weighted by atomic mass is 10.1. The number of nitrogens with zero attached hydrogens (tertiary/aromatic N) is 2. The van der Waals surface area contributed by atoms with E-state index in [1.54, 1.807) is 24.3 Å². The van der Waals surface area contributed by atoms with Crippen molar-refractivity contribution in [3.8, 4) is 5.75 Å². The van der Waals surface area contributed by atoms with Gasteiger partial charge >= 0.3 is 0 Å². The lowest BCUT2D eigenvalue weighted by Gasteiger charge is -2.26. The van der Waals surface area contributed by atoms with Crippen LogP contribution in [0.15, 0.2) is 29.2 Å². The number of hydrogen-bond acceptors (Lipinski definition) is 4. The van der Waals surface area contributed by atoms with E-state index < -0.39 is 10.0 Å². The maximum absolute atomic E-state index is 12.0. The molecule has 0 N–H and O–H groups in total. The average molecular weight is 357 g/mol. The Hall–Kier alpha value is -1.11. The first-order chi connectivity index (χ1) is 11.1. The molecule has 0 aliphatic rings. The van der Waals surface area contributed by atoms with Crippen molar-refractivity contribution in [3.05, 3.63) is 24.3 Å². The molecule has 0 aliphatic carbocycles. The van der Waals surface area contributed by atoms with E-state index in [4.69, 9.17) is 4.74 Å². The van der Waals surface area contributed by atoms with Crippen molar-refractivity contribution in [3.63, 3.8) is 0 Å². The second-order valence-corrected chi connectivity index (χ2v) is 9.31. The average Bonchev–Trinajstić information content (AvgIpc) is 2.46. The molecule has 138 valence electrons. The maximum Gasteiger partial charge on any atom is 0.242 e. The third-order valence-electron chi connectivity index (χ3n) is 3.53. The second-order valence-electron chi connectivity index (χ2n) is 7.15. The van der Waals surface area contributed by atoms with E-state index in [0.717, 1.165) is 19.6 Å². The van der Waals surface area contributed by atoms with Gasteiger partial charge in [-0.3, -0.25) is 4.90 Å². The minimum Gasteiger partial charge on any atom is -0.492 e. The lowest BCUT2D eigenvalue weighted by molar-refractivity contribution is 0.177. The number of sulfonamides is 1. The molecule has 0 amide bonds. The van der Waals surface area contributed by atoms with Crippen molar-refractivity contribution in [1.82, 2.24) is 9.21 Å². The molecule has 24 heavy (non-hydrogen) atoms. The summed E-state index contributed by atoms with van der Waals surface area (Å²) in [4.78, 5) is 2.70. The highest BCUT2D eigenvalue weighted by Crippen LogP contribution is 2.18. The third-order valence-corrected chi connectivity index (χ3v) is 5.35. The molecule has 6 heteroatoms. The monoisotopic (exact) mass is 356 g/mol. The molecule has 0 radical (unpaired) electrons. The summed E-state index contributed by atoms with van der Waals surface area (Å²) in [5.41, 5.74) is 0. The minimum absolute atomic E-state index is 0.279. The van der Waals surface area contributed by atoms with Gasteiger partial charge in [0.05, 0.1) is 4.90 Å². The fourth-order valence-electron chi connectivity index (χ4n) is 2.50. The van der Waals surface area contributed by atoms with Gasteiger partial charge in [-0.2, -0.15) is 0 Å². The molecule has 0 bridgehead atoms. The maximum atomic E-state index is 12.0. The Bertz CT molecular complexity index is 571. The summed E-state index contributed by atoms with van der Waals surface area (Å²) in [7, 11) is -0.334. The Morgan fingerprint density at radius 3 is 1.88 bits per heavy atom. The summed E-state index contributed by atoms with van der Waals surface area (Å²) in [5.74, 6) is 1.94. The van der Waals surface area contributed by atoms with Crippen LogP contribution in [0.2, 0.25) is 0 Å². The van der Waals surface area contributed by atoms with E-state index in [-0.39, 0.29) is 4.90 Å². The minimum atomic E-state index is -3.39. The number of ether oxygens (including phenoxy) is 1. The zero-order valence-corrected chi connectivity index (χ0v) is 16.6. The molecular formula is C18H32N2O3S. The molecule has 0 aliphatic heterocycles. The van der Waals surface area contributed by atoms with Crippen LogP contribution in [-0.2, 0) is 10.0 Å². The van der Waals surface area contributed by atoms with Crippen molar-refractivity contribution in [1.29, 1.82) is 0 Å². The third kappa shape index (κ3) is 6.79. The summed E-state index contributed by atoms with van der Waals surface area (Å²) in [6.07, 6.45) is 0. The van der Waals surface area contributed by atoms with E-state index in [2.05, 4.69) is 32.6 Å². The van der Waals surface area contributed by atoms with E-state index in [9.17, 15) is 8.42 Å². The predicted molar refractivity (Wildman–Crippen MR) is 98.9 cm³/mol. The van der Waals surface area contributed by atoms with Crippen LogP contribution in [0.5, 0.6) is 5.75 Å². The molecule has 0 saturated carbocycles. The summed E-state index contributed by atoms with van der Waals surface area (Å²) in [6.45, 7) is 12.5. The first-order valence-corrected chi connectivity index (χ1v) is 9.94. The van der Waals surface area contributed by atoms with Crippen LogP contribution in [0.4, 0.5) is 0 Å². The van der Waals surface area contributed by atoms with Crippen LogP contribution in [0.1, 0.15) is 27.7 Å². The fourth-order valence-corrected chi connectivity index (χ4v) is 3.40. The second kappa shape index (κ2) is 9.39. The van der Waals surface area contributed by atoms with Gasteiger partial charge < -0.3 is 4.74 Å². The smallest absolute Gasteiger partial charge is 0.242 e. The van der Waals surface area contributed by atoms with Crippen molar-refractivity contribution in [2.75, 3.05) is 40.3 Å². The number of hydrogen-bond donors (Lipinski definition) is 0. The van der Waals surface area contributed by atoms with Gasteiger partial charge in [0.25, 0.3) is 0 Å². The lowest BCUT2D eigenvalue weighted by Crippen LogP contribution is -2.34. The molecule has 1 aromatic rings. The van der Waals surface area contributed by atoms with Gasteiger partial charge in [0, 0.05) is 33.7 Å². The summed E-state index contributed by atoms with van der Waals surface area (Å²) in [5, 5.41) is 0. The summed E-state index contributed by atoms with van der Waals surface area (Å²) < 4.78 is 31.0. The molecule has 5 nitrogen and oxygen atoms in total. The molecule has 0 spiro atoms. The summed E-state index contributed by atoms with van der Waals surface area (Å²) >= 11 is 0. The van der Waals surface area contributed by atoms with Crippen LogP contribution in [-0.4, -0.2) is 58.0 Å². The molecule has 1 rings (SSSR count). The molecule has 0 atom stereocenters. The first kappa shape index (κ1) is 20.9. The van der Waals surface area contributed by atoms with E-state index in [0.29, 0.717) is 24.2 Å². The molecular weight excluding hydrogens is 324 g/mol. The van der Waals surface area contributed by atoms with Crippen LogP contribution in [0.25, 0.3) is 0 Å². The van der Waals surface area contributed by atoms with Crippen molar-refractivity contribution in [2.24, 2.45) is 11.8 Å². The zero-order valence-electron chi connectivity index (χ0n) is 15.8. The van der Waals surface area contributed by atoms with Gasteiger partial charge in [-0.1, -0.05) is 27.7 Å². The van der Waals surface area contributed by atoms with Crippen LogP contribution in [0.3, 0.4) is 0 Å². The van der Waals surface area contributed by atoms with Crippen LogP contribution < -0.4 is 4.74 Å².